The number of morpholine rings is 1. The van der Waals surface area contributed by atoms with Gasteiger partial charge in [-0.25, -0.2) is 0 Å². The molecular weight excluding hydrogens is 236 g/mol. The summed E-state index contributed by atoms with van der Waals surface area (Å²) in [6, 6.07) is 11.2. The summed E-state index contributed by atoms with van der Waals surface area (Å²) in [6.45, 7) is 8.32. The first-order valence-electron chi connectivity index (χ1n) is 7.26. The molecule has 1 aliphatic rings. The van der Waals surface area contributed by atoms with Crippen molar-refractivity contribution in [1.82, 2.24) is 10.2 Å². The Bertz CT molecular complexity index is 360. The molecule has 1 saturated heterocycles. The molecule has 1 aliphatic heterocycles. The minimum atomic E-state index is 0.309. The second-order valence-corrected chi connectivity index (χ2v) is 5.74. The van der Waals surface area contributed by atoms with E-state index in [1.165, 1.54) is 5.56 Å². The molecule has 0 aromatic heterocycles. The number of likely N-dealkylation sites (N-methyl/N-ethyl adjacent to an activating group) is 1. The van der Waals surface area contributed by atoms with Crippen LogP contribution in [-0.2, 0) is 4.74 Å². The summed E-state index contributed by atoms with van der Waals surface area (Å²) in [7, 11) is 2.20. The predicted molar refractivity (Wildman–Crippen MR) is 79.3 cm³/mol. The number of nitrogens with zero attached hydrogens (tertiary/aromatic N) is 1. The Balaban J connectivity index is 2.02. The number of benzene rings is 1. The number of ether oxygens (including phenoxy) is 1. The Morgan fingerprint density at radius 3 is 2.63 bits per heavy atom. The van der Waals surface area contributed by atoms with Crippen LogP contribution in [0.5, 0.6) is 0 Å². The largest absolute Gasteiger partial charge is 0.374 e. The van der Waals surface area contributed by atoms with Gasteiger partial charge in [-0.15, -0.1) is 0 Å². The highest BCUT2D eigenvalue weighted by atomic mass is 16.5. The molecule has 2 rings (SSSR count). The Labute approximate surface area is 116 Å². The fourth-order valence-corrected chi connectivity index (χ4v) is 2.97. The number of hydrogen-bond acceptors (Lipinski definition) is 3. The van der Waals surface area contributed by atoms with Crippen molar-refractivity contribution < 1.29 is 4.74 Å². The molecule has 0 bridgehead atoms. The highest BCUT2D eigenvalue weighted by molar-refractivity contribution is 5.19. The zero-order chi connectivity index (χ0) is 13.7. The highest BCUT2D eigenvalue weighted by Crippen LogP contribution is 2.27. The average molecular weight is 262 g/mol. The molecule has 1 aromatic carbocycles. The van der Waals surface area contributed by atoms with Crippen LogP contribution in [0.1, 0.15) is 25.5 Å². The second kappa shape index (κ2) is 7.04. The van der Waals surface area contributed by atoms with Crippen molar-refractivity contribution in [3.8, 4) is 0 Å². The molecule has 0 aliphatic carbocycles. The van der Waals surface area contributed by atoms with E-state index in [9.17, 15) is 0 Å². The molecule has 2 unspecified atom stereocenters. The fraction of sp³-hybridized carbons (Fsp3) is 0.625. The van der Waals surface area contributed by atoms with E-state index in [1.54, 1.807) is 0 Å². The first kappa shape index (κ1) is 14.5. The molecule has 3 nitrogen and oxygen atoms in total. The molecule has 0 saturated carbocycles. The van der Waals surface area contributed by atoms with Crippen molar-refractivity contribution in [3.05, 3.63) is 35.9 Å². The zero-order valence-corrected chi connectivity index (χ0v) is 12.3. The van der Waals surface area contributed by atoms with E-state index in [1.807, 2.05) is 0 Å². The molecule has 0 amide bonds. The second-order valence-electron chi connectivity index (χ2n) is 5.74. The van der Waals surface area contributed by atoms with Gasteiger partial charge in [0.1, 0.15) is 0 Å². The van der Waals surface area contributed by atoms with Crippen molar-refractivity contribution in [3.63, 3.8) is 0 Å². The number of rotatable bonds is 5. The molecule has 2 atom stereocenters. The topological polar surface area (TPSA) is 24.5 Å². The van der Waals surface area contributed by atoms with E-state index in [4.69, 9.17) is 4.74 Å². The van der Waals surface area contributed by atoms with E-state index in [0.29, 0.717) is 18.1 Å². The summed E-state index contributed by atoms with van der Waals surface area (Å²) in [5.41, 5.74) is 1.39. The van der Waals surface area contributed by atoms with Gasteiger partial charge in [-0.2, -0.15) is 0 Å². The maximum absolute atomic E-state index is 5.81. The van der Waals surface area contributed by atoms with Gasteiger partial charge in [0.25, 0.3) is 0 Å². The third kappa shape index (κ3) is 4.03. The van der Waals surface area contributed by atoms with Crippen LogP contribution in [0.3, 0.4) is 0 Å². The van der Waals surface area contributed by atoms with Crippen molar-refractivity contribution in [2.75, 3.05) is 33.3 Å². The van der Waals surface area contributed by atoms with Gasteiger partial charge >= 0.3 is 0 Å². The van der Waals surface area contributed by atoms with E-state index in [2.05, 4.69) is 61.4 Å². The van der Waals surface area contributed by atoms with Gasteiger partial charge in [-0.1, -0.05) is 44.2 Å². The smallest absolute Gasteiger partial charge is 0.0826 e. The van der Waals surface area contributed by atoms with Gasteiger partial charge in [0, 0.05) is 25.7 Å². The molecule has 1 aromatic rings. The van der Waals surface area contributed by atoms with Gasteiger partial charge < -0.3 is 10.1 Å². The van der Waals surface area contributed by atoms with Crippen LogP contribution in [0.15, 0.2) is 30.3 Å². The minimum Gasteiger partial charge on any atom is -0.374 e. The van der Waals surface area contributed by atoms with E-state index < -0.39 is 0 Å². The Morgan fingerprint density at radius 1 is 1.32 bits per heavy atom. The normalized spacial score (nSPS) is 21.8. The summed E-state index contributed by atoms with van der Waals surface area (Å²) >= 11 is 0. The average Bonchev–Trinajstić information content (AvgIpc) is 2.40. The molecule has 0 spiro atoms. The van der Waals surface area contributed by atoms with Crippen molar-refractivity contribution in [2.24, 2.45) is 5.92 Å². The van der Waals surface area contributed by atoms with Crippen molar-refractivity contribution in [2.45, 2.75) is 26.0 Å². The van der Waals surface area contributed by atoms with Crippen LogP contribution < -0.4 is 5.32 Å². The first-order chi connectivity index (χ1) is 9.18. The Hall–Kier alpha value is -0.900. The third-order valence-corrected chi connectivity index (χ3v) is 3.74. The Morgan fingerprint density at radius 2 is 2.05 bits per heavy atom. The van der Waals surface area contributed by atoms with Crippen LogP contribution in [0.4, 0.5) is 0 Å². The van der Waals surface area contributed by atoms with Crippen LogP contribution in [0, 0.1) is 5.92 Å². The Kier molecular flexibility index (Phi) is 5.37. The van der Waals surface area contributed by atoms with Gasteiger partial charge in [0.15, 0.2) is 0 Å². The van der Waals surface area contributed by atoms with Crippen molar-refractivity contribution >= 4 is 0 Å². The third-order valence-electron chi connectivity index (χ3n) is 3.74. The fourth-order valence-electron chi connectivity index (χ4n) is 2.97. The van der Waals surface area contributed by atoms with Crippen molar-refractivity contribution in [1.29, 1.82) is 0 Å². The number of hydrogen-bond donors (Lipinski definition) is 1. The quantitative estimate of drug-likeness (QED) is 0.881. The zero-order valence-electron chi connectivity index (χ0n) is 12.3. The molecule has 1 heterocycles. The molecule has 19 heavy (non-hydrogen) atoms. The predicted octanol–water partition coefficient (Wildman–Crippen LogP) is 2.30. The molecule has 106 valence electrons. The summed E-state index contributed by atoms with van der Waals surface area (Å²) in [5.74, 6) is 0.587. The van der Waals surface area contributed by atoms with E-state index in [0.717, 1.165) is 26.2 Å². The maximum Gasteiger partial charge on any atom is 0.0826 e. The minimum absolute atomic E-state index is 0.309. The molecule has 1 fully saturated rings. The lowest BCUT2D eigenvalue weighted by atomic mass is 9.94. The lowest BCUT2D eigenvalue weighted by Crippen LogP contribution is -2.45. The van der Waals surface area contributed by atoms with Gasteiger partial charge in [-0.3, -0.25) is 4.90 Å². The SMILES string of the molecule is CC(C)C(c1ccccc1)N(C)CC1CNCCO1. The number of nitrogens with one attached hydrogen (secondary N) is 1. The standard InChI is InChI=1S/C16H26N2O/c1-13(2)16(14-7-5-4-6-8-14)18(3)12-15-11-17-9-10-19-15/h4-8,13,15-17H,9-12H2,1-3H3. The molecular formula is C16H26N2O. The lowest BCUT2D eigenvalue weighted by molar-refractivity contribution is -0.00141. The van der Waals surface area contributed by atoms with Crippen LogP contribution in [-0.4, -0.2) is 44.3 Å². The van der Waals surface area contributed by atoms with Crippen LogP contribution in [0.25, 0.3) is 0 Å². The van der Waals surface area contributed by atoms with E-state index in [-0.39, 0.29) is 0 Å². The first-order valence-corrected chi connectivity index (χ1v) is 7.26. The van der Waals surface area contributed by atoms with Crippen LogP contribution >= 0.6 is 0 Å². The lowest BCUT2D eigenvalue weighted by Gasteiger charge is -2.35. The summed E-state index contributed by atoms with van der Waals surface area (Å²) in [6.07, 6.45) is 0.309. The summed E-state index contributed by atoms with van der Waals surface area (Å²) < 4.78 is 5.81. The van der Waals surface area contributed by atoms with Gasteiger partial charge in [0.05, 0.1) is 12.7 Å². The summed E-state index contributed by atoms with van der Waals surface area (Å²) in [4.78, 5) is 2.43. The molecule has 3 heteroatoms. The monoisotopic (exact) mass is 262 g/mol. The van der Waals surface area contributed by atoms with Gasteiger partial charge in [-0.05, 0) is 18.5 Å². The molecule has 0 radical (unpaired) electrons. The maximum atomic E-state index is 5.81. The molecule has 1 N–H and O–H groups in total. The highest BCUT2D eigenvalue weighted by Gasteiger charge is 2.24. The van der Waals surface area contributed by atoms with Crippen LogP contribution in [0.2, 0.25) is 0 Å². The van der Waals surface area contributed by atoms with Gasteiger partial charge in [0.2, 0.25) is 0 Å². The summed E-state index contributed by atoms with van der Waals surface area (Å²) in [5, 5.41) is 3.40. The van der Waals surface area contributed by atoms with E-state index >= 15 is 0 Å².